The van der Waals surface area contributed by atoms with E-state index in [2.05, 4.69) is 0 Å². The zero-order chi connectivity index (χ0) is 14.5. The lowest BCUT2D eigenvalue weighted by atomic mass is 9.82. The van der Waals surface area contributed by atoms with E-state index in [0.717, 1.165) is 0 Å². The van der Waals surface area contributed by atoms with Gasteiger partial charge in [0.05, 0.1) is 19.1 Å². The van der Waals surface area contributed by atoms with E-state index < -0.39 is 11.3 Å². The average molecular weight is 288 g/mol. The summed E-state index contributed by atoms with van der Waals surface area (Å²) in [6.07, 6.45) is 0. The van der Waals surface area contributed by atoms with E-state index in [1.807, 2.05) is 0 Å². The molecule has 0 bridgehead atoms. The van der Waals surface area contributed by atoms with Gasteiger partial charge in [-0.25, -0.2) is 0 Å². The normalized spacial score (nSPS) is 13.9. The largest absolute Gasteiger partial charge is 0.497 e. The highest BCUT2D eigenvalue weighted by atomic mass is 35.5. The van der Waals surface area contributed by atoms with Crippen LogP contribution in [0.2, 0.25) is 5.02 Å². The molecule has 2 N–H and O–H groups in total. The van der Waals surface area contributed by atoms with Crippen LogP contribution in [0.1, 0.15) is 12.5 Å². The van der Waals surface area contributed by atoms with Crippen molar-refractivity contribution < 1.29 is 19.0 Å². The van der Waals surface area contributed by atoms with Crippen molar-refractivity contribution in [3.8, 4) is 5.75 Å². The van der Waals surface area contributed by atoms with E-state index in [1.54, 1.807) is 25.1 Å². The maximum Gasteiger partial charge on any atom is 0.230 e. The number of methoxy groups -OCH3 is 2. The van der Waals surface area contributed by atoms with Gasteiger partial charge in [-0.1, -0.05) is 11.6 Å². The Hall–Kier alpha value is -1.30. The van der Waals surface area contributed by atoms with Crippen LogP contribution in [0.4, 0.5) is 0 Å². The summed E-state index contributed by atoms with van der Waals surface area (Å²) in [6, 6.07) is 5.06. The summed E-state index contributed by atoms with van der Waals surface area (Å²) in [5.74, 6) is 0.0670. The molecule has 5 nitrogen and oxygen atoms in total. The average Bonchev–Trinajstić information content (AvgIpc) is 2.39. The number of hydrogen-bond acceptors (Lipinski definition) is 4. The molecule has 0 saturated heterocycles. The Bertz CT molecular complexity index is 452. The summed E-state index contributed by atoms with van der Waals surface area (Å²) in [5, 5.41) is 0.433. The molecule has 0 radical (unpaired) electrons. The van der Waals surface area contributed by atoms with Crippen LogP contribution in [0, 0.1) is 0 Å². The van der Waals surface area contributed by atoms with E-state index in [-0.39, 0.29) is 13.4 Å². The van der Waals surface area contributed by atoms with Crippen LogP contribution in [0.3, 0.4) is 0 Å². The first-order chi connectivity index (χ1) is 8.95. The number of primary amides is 1. The van der Waals surface area contributed by atoms with Crippen LogP contribution in [0.15, 0.2) is 18.2 Å². The number of amides is 1. The van der Waals surface area contributed by atoms with Gasteiger partial charge in [0.15, 0.2) is 0 Å². The molecule has 0 unspecified atom stereocenters. The van der Waals surface area contributed by atoms with E-state index in [4.69, 9.17) is 31.5 Å². The van der Waals surface area contributed by atoms with Crippen molar-refractivity contribution >= 4 is 17.5 Å². The van der Waals surface area contributed by atoms with Crippen molar-refractivity contribution in [1.82, 2.24) is 0 Å². The molecule has 1 aromatic rings. The Labute approximate surface area is 117 Å². The number of hydrogen-bond donors (Lipinski definition) is 1. The fourth-order valence-corrected chi connectivity index (χ4v) is 1.99. The molecule has 0 aliphatic rings. The van der Waals surface area contributed by atoms with E-state index in [1.165, 1.54) is 14.2 Å². The lowest BCUT2D eigenvalue weighted by Crippen LogP contribution is -2.43. The van der Waals surface area contributed by atoms with Crippen LogP contribution in [0.5, 0.6) is 5.75 Å². The second kappa shape index (κ2) is 6.75. The van der Waals surface area contributed by atoms with Gasteiger partial charge in [0.25, 0.3) is 0 Å². The van der Waals surface area contributed by atoms with E-state index >= 15 is 0 Å². The topological polar surface area (TPSA) is 70.8 Å². The van der Waals surface area contributed by atoms with Gasteiger partial charge < -0.3 is 19.9 Å². The quantitative estimate of drug-likeness (QED) is 0.612. The Morgan fingerprint density at radius 2 is 2.11 bits per heavy atom. The predicted octanol–water partition coefficient (Wildman–Crippen LogP) is 1.71. The first-order valence-electron chi connectivity index (χ1n) is 5.66. The first kappa shape index (κ1) is 15.8. The Balaban J connectivity index is 3.13. The fraction of sp³-hybridized carbons (Fsp3) is 0.462. The van der Waals surface area contributed by atoms with E-state index in [9.17, 15) is 4.79 Å². The third-order valence-corrected chi connectivity index (χ3v) is 3.23. The molecule has 6 heteroatoms. The highest BCUT2D eigenvalue weighted by molar-refractivity contribution is 6.31. The SMILES string of the molecule is COCOC[C@](C)(C(N)=O)c1cc(OC)ccc1Cl. The molecule has 106 valence electrons. The fourth-order valence-electron chi connectivity index (χ4n) is 1.66. The van der Waals surface area contributed by atoms with Gasteiger partial charge in [-0.3, -0.25) is 4.79 Å². The number of halogens is 1. The summed E-state index contributed by atoms with van der Waals surface area (Å²) >= 11 is 6.14. The maximum atomic E-state index is 11.8. The van der Waals surface area contributed by atoms with Crippen LogP contribution < -0.4 is 10.5 Å². The molecule has 0 aliphatic heterocycles. The van der Waals surface area contributed by atoms with Crippen molar-refractivity contribution in [2.45, 2.75) is 12.3 Å². The number of nitrogens with two attached hydrogens (primary N) is 1. The Morgan fingerprint density at radius 1 is 1.42 bits per heavy atom. The van der Waals surface area contributed by atoms with Gasteiger partial charge in [0.1, 0.15) is 12.5 Å². The Morgan fingerprint density at radius 3 is 2.63 bits per heavy atom. The zero-order valence-corrected chi connectivity index (χ0v) is 12.0. The molecule has 1 aromatic carbocycles. The summed E-state index contributed by atoms with van der Waals surface area (Å²) in [6.45, 7) is 1.82. The summed E-state index contributed by atoms with van der Waals surface area (Å²) in [4.78, 5) is 11.8. The van der Waals surface area contributed by atoms with Crippen LogP contribution in [-0.2, 0) is 19.7 Å². The predicted molar refractivity (Wildman–Crippen MR) is 72.4 cm³/mol. The highest BCUT2D eigenvalue weighted by Gasteiger charge is 2.36. The van der Waals surface area contributed by atoms with Gasteiger partial charge in [0, 0.05) is 12.1 Å². The van der Waals surface area contributed by atoms with Crippen LogP contribution >= 0.6 is 11.6 Å². The lowest BCUT2D eigenvalue weighted by Gasteiger charge is -2.27. The lowest BCUT2D eigenvalue weighted by molar-refractivity contribution is -0.127. The molecule has 1 amide bonds. The minimum absolute atomic E-state index is 0.0725. The molecule has 0 fully saturated rings. The monoisotopic (exact) mass is 287 g/mol. The van der Waals surface area contributed by atoms with Crippen molar-refractivity contribution in [2.24, 2.45) is 5.73 Å². The molecule has 0 saturated carbocycles. The van der Waals surface area contributed by atoms with Crippen molar-refractivity contribution in [2.75, 3.05) is 27.6 Å². The van der Waals surface area contributed by atoms with Gasteiger partial charge in [-0.15, -0.1) is 0 Å². The second-order valence-electron chi connectivity index (χ2n) is 4.30. The molecule has 0 heterocycles. The molecular weight excluding hydrogens is 270 g/mol. The number of carbonyl (C=O) groups excluding carboxylic acids is 1. The molecule has 1 atom stereocenters. The molecule has 0 spiro atoms. The molecule has 1 rings (SSSR count). The second-order valence-corrected chi connectivity index (χ2v) is 4.70. The number of benzene rings is 1. The third kappa shape index (κ3) is 3.59. The maximum absolute atomic E-state index is 11.8. The molecule has 0 aromatic heterocycles. The van der Waals surface area contributed by atoms with Gasteiger partial charge >= 0.3 is 0 Å². The summed E-state index contributed by atoms with van der Waals surface area (Å²) < 4.78 is 15.2. The zero-order valence-electron chi connectivity index (χ0n) is 11.2. The summed E-state index contributed by atoms with van der Waals surface area (Å²) in [5.41, 5.74) is 5.00. The first-order valence-corrected chi connectivity index (χ1v) is 6.04. The molecule has 19 heavy (non-hydrogen) atoms. The van der Waals surface area contributed by atoms with Crippen molar-refractivity contribution in [3.63, 3.8) is 0 Å². The van der Waals surface area contributed by atoms with Crippen LogP contribution in [-0.4, -0.2) is 33.5 Å². The summed E-state index contributed by atoms with van der Waals surface area (Å²) in [7, 11) is 3.04. The van der Waals surface area contributed by atoms with E-state index in [0.29, 0.717) is 16.3 Å². The minimum atomic E-state index is -1.05. The number of ether oxygens (including phenoxy) is 3. The standard InChI is InChI=1S/C13H18ClNO4/c1-13(12(15)16,7-19-8-17-2)10-6-9(18-3)4-5-11(10)14/h4-6H,7-8H2,1-3H3,(H2,15,16)/t13-/m0/s1. The number of rotatable bonds is 7. The third-order valence-electron chi connectivity index (χ3n) is 2.90. The van der Waals surface area contributed by atoms with Gasteiger partial charge in [-0.05, 0) is 30.7 Å². The number of carbonyl (C=O) groups is 1. The minimum Gasteiger partial charge on any atom is -0.497 e. The van der Waals surface area contributed by atoms with Crippen LogP contribution in [0.25, 0.3) is 0 Å². The molecule has 0 aliphatic carbocycles. The molecular formula is C13H18ClNO4. The van der Waals surface area contributed by atoms with Gasteiger partial charge in [0.2, 0.25) is 5.91 Å². The Kier molecular flexibility index (Phi) is 5.60. The van der Waals surface area contributed by atoms with Gasteiger partial charge in [-0.2, -0.15) is 0 Å². The van der Waals surface area contributed by atoms with Crippen molar-refractivity contribution in [1.29, 1.82) is 0 Å². The van der Waals surface area contributed by atoms with Crippen molar-refractivity contribution in [3.05, 3.63) is 28.8 Å². The highest BCUT2D eigenvalue weighted by Crippen LogP contribution is 2.33. The smallest absolute Gasteiger partial charge is 0.230 e.